The number of rotatable bonds is 4. The first kappa shape index (κ1) is 39.4. The molecule has 8 rings (SSSR count). The monoisotopic (exact) mass is 756 g/mol. The molecule has 8 aromatic carbocycles. The molecule has 8 aromatic rings. The molecule has 0 saturated heterocycles. The molecule has 58 heavy (non-hydrogen) atoms. The lowest BCUT2D eigenvalue weighted by Gasteiger charge is -2.28. The SMILES string of the molecule is CC(C)(C)c1ccc(-c2c3ccccc3c(-c3cccc(C(C)(C)C)c3)c3c(-c4ccc(C(C)(C)C)cc4)c4ccc(C(C)(C)C)cc4c(-c4ccccc4)c23)cc1. The van der Waals surface area contributed by atoms with Gasteiger partial charge in [-0.15, -0.1) is 0 Å². The van der Waals surface area contributed by atoms with Crippen LogP contribution in [0.2, 0.25) is 0 Å². The van der Waals surface area contributed by atoms with Gasteiger partial charge >= 0.3 is 0 Å². The predicted molar refractivity (Wildman–Crippen MR) is 256 cm³/mol. The highest BCUT2D eigenvalue weighted by Gasteiger charge is 2.28. The molecule has 0 heterocycles. The van der Waals surface area contributed by atoms with Crippen LogP contribution in [-0.4, -0.2) is 0 Å². The minimum absolute atomic E-state index is 0.00672. The average Bonchev–Trinajstić information content (AvgIpc) is 3.18. The maximum absolute atomic E-state index is 2.51. The molecular formula is C58H60. The van der Waals surface area contributed by atoms with E-state index in [1.807, 2.05) is 0 Å². The molecule has 0 radical (unpaired) electrons. The lowest BCUT2D eigenvalue weighted by Crippen LogP contribution is -2.11. The third-order valence-electron chi connectivity index (χ3n) is 12.3. The van der Waals surface area contributed by atoms with Crippen molar-refractivity contribution in [3.8, 4) is 44.5 Å². The normalized spacial score (nSPS) is 12.8. The lowest BCUT2D eigenvalue weighted by molar-refractivity contribution is 0.590. The van der Waals surface area contributed by atoms with Crippen LogP contribution in [0, 0.1) is 0 Å². The lowest BCUT2D eigenvalue weighted by atomic mass is 9.75. The third kappa shape index (κ3) is 7.06. The molecule has 0 fully saturated rings. The van der Waals surface area contributed by atoms with Gasteiger partial charge in [0.25, 0.3) is 0 Å². The van der Waals surface area contributed by atoms with Crippen molar-refractivity contribution in [2.75, 3.05) is 0 Å². The molecule has 0 amide bonds. The summed E-state index contributed by atoms with van der Waals surface area (Å²) in [5.74, 6) is 0. The van der Waals surface area contributed by atoms with Gasteiger partial charge in [-0.25, -0.2) is 0 Å². The summed E-state index contributed by atoms with van der Waals surface area (Å²) in [6.07, 6.45) is 0. The molecule has 0 aromatic heterocycles. The zero-order valence-corrected chi connectivity index (χ0v) is 36.9. The molecular weight excluding hydrogens is 697 g/mol. The highest BCUT2D eigenvalue weighted by atomic mass is 14.3. The summed E-state index contributed by atoms with van der Waals surface area (Å²) in [6, 6.07) is 56.0. The fourth-order valence-electron chi connectivity index (χ4n) is 8.86. The van der Waals surface area contributed by atoms with E-state index < -0.39 is 0 Å². The summed E-state index contributed by atoms with van der Waals surface area (Å²) in [5, 5.41) is 7.72. The first-order valence-corrected chi connectivity index (χ1v) is 21.2. The standard InChI is InChI=1S/C58H60/c1-55(2,3)41-29-25-38(26-30-41)49-45-23-16-17-24-46(45)52(40-21-18-22-43(35-40)57(7,8)9)54-50(39-27-31-42(32-28-39)56(4,5)6)47-34-33-44(58(10,11)12)36-48(47)51(53(49)54)37-19-14-13-15-20-37/h13-36H,1-12H3. The second-order valence-electron chi connectivity index (χ2n) is 20.7. The van der Waals surface area contributed by atoms with Gasteiger partial charge in [0.1, 0.15) is 0 Å². The zero-order valence-electron chi connectivity index (χ0n) is 36.9. The summed E-state index contributed by atoms with van der Waals surface area (Å²) >= 11 is 0. The van der Waals surface area contributed by atoms with E-state index in [1.54, 1.807) is 0 Å². The molecule has 292 valence electrons. The average molecular weight is 757 g/mol. The molecule has 0 aliphatic rings. The van der Waals surface area contributed by atoms with Crippen molar-refractivity contribution in [2.24, 2.45) is 0 Å². The smallest absolute Gasteiger partial charge is 0.000139 e. The summed E-state index contributed by atoms with van der Waals surface area (Å²) < 4.78 is 0. The summed E-state index contributed by atoms with van der Waals surface area (Å²) in [5.41, 5.74) is 15.5. The molecule has 0 N–H and O–H groups in total. The van der Waals surface area contributed by atoms with E-state index in [-0.39, 0.29) is 21.7 Å². The van der Waals surface area contributed by atoms with Gasteiger partial charge < -0.3 is 0 Å². The van der Waals surface area contributed by atoms with Crippen LogP contribution in [0.25, 0.3) is 76.8 Å². The molecule has 0 unspecified atom stereocenters. The van der Waals surface area contributed by atoms with Gasteiger partial charge in [-0.05, 0) is 127 Å². The van der Waals surface area contributed by atoms with E-state index in [0.717, 1.165) is 0 Å². The van der Waals surface area contributed by atoms with Gasteiger partial charge in [-0.1, -0.05) is 223 Å². The van der Waals surface area contributed by atoms with E-state index in [2.05, 4.69) is 229 Å². The molecule has 0 spiro atoms. The van der Waals surface area contributed by atoms with Gasteiger partial charge in [-0.2, -0.15) is 0 Å². The molecule has 0 saturated carbocycles. The highest BCUT2D eigenvalue weighted by Crippen LogP contribution is 2.54. The van der Waals surface area contributed by atoms with Crippen LogP contribution < -0.4 is 0 Å². The van der Waals surface area contributed by atoms with E-state index in [0.29, 0.717) is 0 Å². The van der Waals surface area contributed by atoms with Crippen molar-refractivity contribution in [2.45, 2.75) is 105 Å². The van der Waals surface area contributed by atoms with Gasteiger partial charge in [0.05, 0.1) is 0 Å². The first-order valence-electron chi connectivity index (χ1n) is 21.2. The second kappa shape index (κ2) is 14.1. The maximum Gasteiger partial charge on any atom is -0.000139 e. The van der Waals surface area contributed by atoms with E-state index in [4.69, 9.17) is 0 Å². The van der Waals surface area contributed by atoms with E-state index in [9.17, 15) is 0 Å². The van der Waals surface area contributed by atoms with Crippen LogP contribution in [0.4, 0.5) is 0 Å². The predicted octanol–water partition coefficient (Wildman–Crippen LogP) is 17.0. The third-order valence-corrected chi connectivity index (χ3v) is 12.3. The Kier molecular flexibility index (Phi) is 9.59. The van der Waals surface area contributed by atoms with Crippen LogP contribution in [0.5, 0.6) is 0 Å². The number of hydrogen-bond donors (Lipinski definition) is 0. The Bertz CT molecular complexity index is 2800. The summed E-state index contributed by atoms with van der Waals surface area (Å²) in [7, 11) is 0. The molecule has 0 aliphatic carbocycles. The van der Waals surface area contributed by atoms with Crippen LogP contribution in [0.15, 0.2) is 146 Å². The minimum Gasteiger partial charge on any atom is -0.0622 e. The molecule has 0 aliphatic heterocycles. The number of fused-ring (bicyclic) bond motifs is 3. The minimum atomic E-state index is -0.0286. The van der Waals surface area contributed by atoms with Crippen molar-refractivity contribution in [1.82, 2.24) is 0 Å². The Morgan fingerprint density at radius 1 is 0.241 bits per heavy atom. The molecule has 0 nitrogen and oxygen atoms in total. The van der Waals surface area contributed by atoms with Gasteiger partial charge in [0, 0.05) is 0 Å². The van der Waals surface area contributed by atoms with Crippen molar-refractivity contribution in [3.05, 3.63) is 168 Å². The molecule has 0 heteroatoms. The second-order valence-corrected chi connectivity index (χ2v) is 20.7. The quantitative estimate of drug-likeness (QED) is 0.157. The van der Waals surface area contributed by atoms with Crippen LogP contribution in [-0.2, 0) is 21.7 Å². The van der Waals surface area contributed by atoms with Crippen LogP contribution >= 0.6 is 0 Å². The largest absolute Gasteiger partial charge is 0.0622 e. The first-order chi connectivity index (χ1) is 27.3. The van der Waals surface area contributed by atoms with Crippen molar-refractivity contribution in [1.29, 1.82) is 0 Å². The fourth-order valence-corrected chi connectivity index (χ4v) is 8.86. The van der Waals surface area contributed by atoms with Crippen molar-refractivity contribution in [3.63, 3.8) is 0 Å². The molecule has 0 bridgehead atoms. The van der Waals surface area contributed by atoms with Crippen molar-refractivity contribution < 1.29 is 0 Å². The maximum atomic E-state index is 2.51. The topological polar surface area (TPSA) is 0 Å². The van der Waals surface area contributed by atoms with Crippen LogP contribution in [0.3, 0.4) is 0 Å². The Morgan fingerprint density at radius 2 is 0.586 bits per heavy atom. The Labute approximate surface area is 348 Å². The van der Waals surface area contributed by atoms with E-state index in [1.165, 1.54) is 99.1 Å². The van der Waals surface area contributed by atoms with Gasteiger partial charge in [-0.3, -0.25) is 0 Å². The van der Waals surface area contributed by atoms with E-state index >= 15 is 0 Å². The highest BCUT2D eigenvalue weighted by molar-refractivity contribution is 6.33. The number of benzene rings is 8. The zero-order chi connectivity index (χ0) is 41.4. The van der Waals surface area contributed by atoms with Crippen molar-refractivity contribution >= 4 is 32.3 Å². The van der Waals surface area contributed by atoms with Crippen LogP contribution in [0.1, 0.15) is 105 Å². The van der Waals surface area contributed by atoms with Gasteiger partial charge in [0.2, 0.25) is 0 Å². The Balaban J connectivity index is 1.71. The molecule has 0 atom stereocenters. The Hall–Kier alpha value is -5.46. The summed E-state index contributed by atoms with van der Waals surface area (Å²) in [4.78, 5) is 0. The number of hydrogen-bond acceptors (Lipinski definition) is 0. The summed E-state index contributed by atoms with van der Waals surface area (Å²) in [6.45, 7) is 27.8. The van der Waals surface area contributed by atoms with Gasteiger partial charge in [0.15, 0.2) is 0 Å². The fraction of sp³-hybridized carbons (Fsp3) is 0.276. The Morgan fingerprint density at radius 3 is 1.05 bits per heavy atom.